The minimum atomic E-state index is -6.53. The fraction of sp³-hybridized carbons (Fsp3) is 0.909. The maximum atomic E-state index is 13.0. The largest absolute Gasteiger partial charge is 0.460 e. The molecule has 0 N–H and O–H groups in total. The van der Waals surface area contributed by atoms with Crippen molar-refractivity contribution in [3.63, 3.8) is 0 Å². The van der Waals surface area contributed by atoms with Crippen molar-refractivity contribution in [3.05, 3.63) is 0 Å². The van der Waals surface area contributed by atoms with Gasteiger partial charge in [0.15, 0.2) is 0 Å². The minimum absolute atomic E-state index is 0.167. The number of halogens is 7. The summed E-state index contributed by atoms with van der Waals surface area (Å²) in [5, 5.41) is 0. The van der Waals surface area contributed by atoms with E-state index in [1.807, 2.05) is 6.92 Å². The second-order valence-electron chi connectivity index (χ2n) is 4.93. The summed E-state index contributed by atoms with van der Waals surface area (Å²) in [6, 6.07) is 0. The first-order chi connectivity index (χ1) is 8.89. The molecule has 0 spiro atoms. The lowest BCUT2D eigenvalue weighted by Gasteiger charge is -2.30. The van der Waals surface area contributed by atoms with Crippen molar-refractivity contribution in [1.29, 1.82) is 0 Å². The number of hydrogen-bond donors (Lipinski definition) is 0. The van der Waals surface area contributed by atoms with Crippen molar-refractivity contribution in [1.82, 2.24) is 0 Å². The van der Waals surface area contributed by atoms with E-state index < -0.39 is 30.1 Å². The van der Waals surface area contributed by atoms with Crippen LogP contribution in [0.1, 0.15) is 32.6 Å². The highest BCUT2D eigenvalue weighted by molar-refractivity contribution is 5.79. The molecule has 118 valence electrons. The Bertz CT molecular complexity index is 356. The number of hydrogen-bond acceptors (Lipinski definition) is 2. The van der Waals surface area contributed by atoms with Crippen molar-refractivity contribution < 1.29 is 40.3 Å². The Morgan fingerprint density at radius 1 is 0.950 bits per heavy atom. The molecule has 0 amide bonds. The Hall–Kier alpha value is -1.02. The number of ether oxygens (including phenoxy) is 1. The van der Waals surface area contributed by atoms with E-state index in [9.17, 15) is 35.5 Å². The molecule has 0 aliphatic heterocycles. The van der Waals surface area contributed by atoms with Gasteiger partial charge < -0.3 is 4.74 Å². The van der Waals surface area contributed by atoms with Crippen LogP contribution in [0.2, 0.25) is 0 Å². The first-order valence-corrected chi connectivity index (χ1v) is 5.93. The lowest BCUT2D eigenvalue weighted by Crippen LogP contribution is -2.57. The molecule has 1 aliphatic rings. The summed E-state index contributed by atoms with van der Waals surface area (Å²) in [6.45, 7) is 1.87. The standard InChI is InChI=1S/C11H13F7O2/c1-6-2-4-7(5-3-6)20-8(19)9(12,13)10(14,15)11(16,17)18/h6-7H,2-5H2,1H3. The van der Waals surface area contributed by atoms with Gasteiger partial charge in [0, 0.05) is 0 Å². The van der Waals surface area contributed by atoms with Gasteiger partial charge in [0.05, 0.1) is 0 Å². The first kappa shape index (κ1) is 17.0. The fourth-order valence-corrected chi connectivity index (χ4v) is 1.88. The smallest absolute Gasteiger partial charge is 0.458 e. The van der Waals surface area contributed by atoms with Crippen LogP contribution < -0.4 is 0 Å². The molecule has 1 fully saturated rings. The summed E-state index contributed by atoms with van der Waals surface area (Å²) >= 11 is 0. The second-order valence-corrected chi connectivity index (χ2v) is 4.93. The molecule has 1 rings (SSSR count). The van der Waals surface area contributed by atoms with Crippen molar-refractivity contribution in [2.24, 2.45) is 5.92 Å². The van der Waals surface area contributed by atoms with E-state index >= 15 is 0 Å². The first-order valence-electron chi connectivity index (χ1n) is 5.93. The van der Waals surface area contributed by atoms with E-state index in [2.05, 4.69) is 4.74 Å². The summed E-state index contributed by atoms with van der Waals surface area (Å²) in [4.78, 5) is 11.0. The van der Waals surface area contributed by atoms with Gasteiger partial charge in [-0.2, -0.15) is 30.7 Å². The average molecular weight is 310 g/mol. The Morgan fingerprint density at radius 2 is 1.40 bits per heavy atom. The molecule has 0 radical (unpaired) electrons. The highest BCUT2D eigenvalue weighted by atomic mass is 19.4. The van der Waals surface area contributed by atoms with Gasteiger partial charge in [-0.1, -0.05) is 6.92 Å². The molecule has 1 saturated carbocycles. The zero-order valence-corrected chi connectivity index (χ0v) is 10.4. The van der Waals surface area contributed by atoms with Gasteiger partial charge in [-0.3, -0.25) is 0 Å². The molecule has 0 atom stereocenters. The van der Waals surface area contributed by atoms with Gasteiger partial charge in [0.2, 0.25) is 0 Å². The van der Waals surface area contributed by atoms with Crippen LogP contribution in [0.15, 0.2) is 0 Å². The number of alkyl halides is 7. The van der Waals surface area contributed by atoms with Crippen molar-refractivity contribution >= 4 is 5.97 Å². The third-order valence-corrected chi connectivity index (χ3v) is 3.24. The van der Waals surface area contributed by atoms with E-state index in [0.29, 0.717) is 12.8 Å². The Balaban J connectivity index is 2.75. The summed E-state index contributed by atoms with van der Waals surface area (Å²) in [7, 11) is 0. The van der Waals surface area contributed by atoms with Gasteiger partial charge in [0.25, 0.3) is 0 Å². The predicted molar refractivity (Wildman–Crippen MR) is 53.5 cm³/mol. The van der Waals surface area contributed by atoms with E-state index in [1.54, 1.807) is 0 Å². The third kappa shape index (κ3) is 3.17. The zero-order chi connectivity index (χ0) is 15.8. The Kier molecular flexibility index (Phi) is 4.60. The number of rotatable bonds is 3. The highest BCUT2D eigenvalue weighted by Crippen LogP contribution is 2.47. The molecular weight excluding hydrogens is 297 g/mol. The average Bonchev–Trinajstić information content (AvgIpc) is 2.30. The topological polar surface area (TPSA) is 26.3 Å². The monoisotopic (exact) mass is 310 g/mol. The normalized spacial score (nSPS) is 25.4. The van der Waals surface area contributed by atoms with Gasteiger partial charge in [-0.05, 0) is 31.6 Å². The fourth-order valence-electron chi connectivity index (χ4n) is 1.88. The van der Waals surface area contributed by atoms with Crippen LogP contribution in [0.4, 0.5) is 30.7 Å². The van der Waals surface area contributed by atoms with Crippen molar-refractivity contribution in [2.45, 2.75) is 56.7 Å². The van der Waals surface area contributed by atoms with E-state index in [1.165, 1.54) is 0 Å². The van der Waals surface area contributed by atoms with Gasteiger partial charge in [-0.15, -0.1) is 0 Å². The highest BCUT2D eigenvalue weighted by Gasteiger charge is 2.77. The van der Waals surface area contributed by atoms with Crippen LogP contribution in [-0.2, 0) is 9.53 Å². The van der Waals surface area contributed by atoms with Crippen LogP contribution >= 0.6 is 0 Å². The van der Waals surface area contributed by atoms with Crippen LogP contribution in [0.25, 0.3) is 0 Å². The summed E-state index contributed by atoms with van der Waals surface area (Å²) in [6.07, 6.45) is -6.19. The molecule has 20 heavy (non-hydrogen) atoms. The van der Waals surface area contributed by atoms with Crippen molar-refractivity contribution in [3.8, 4) is 0 Å². The predicted octanol–water partition coefficient (Wildman–Crippen LogP) is 3.94. The Labute approximate surface area is 110 Å². The zero-order valence-electron chi connectivity index (χ0n) is 10.4. The quantitative estimate of drug-likeness (QED) is 0.583. The molecule has 1 aliphatic carbocycles. The Morgan fingerprint density at radius 3 is 1.80 bits per heavy atom. The van der Waals surface area contributed by atoms with Gasteiger partial charge in [0.1, 0.15) is 6.10 Å². The van der Waals surface area contributed by atoms with Gasteiger partial charge in [-0.25, -0.2) is 4.79 Å². The molecule has 0 aromatic rings. The molecule has 0 heterocycles. The minimum Gasteiger partial charge on any atom is -0.458 e. The maximum absolute atomic E-state index is 13.0. The second kappa shape index (κ2) is 5.40. The molecule has 0 saturated heterocycles. The molecule has 0 unspecified atom stereocenters. The molecular formula is C11H13F7O2. The van der Waals surface area contributed by atoms with E-state index in [4.69, 9.17) is 0 Å². The maximum Gasteiger partial charge on any atom is 0.460 e. The summed E-state index contributed by atoms with van der Waals surface area (Å²) in [5.74, 6) is -15.0. The number of carbonyl (C=O) groups is 1. The molecule has 0 aromatic heterocycles. The molecule has 0 aromatic carbocycles. The number of esters is 1. The van der Waals surface area contributed by atoms with Gasteiger partial charge >= 0.3 is 24.0 Å². The SMILES string of the molecule is CC1CCC(OC(=O)C(F)(F)C(F)(F)C(F)(F)F)CC1. The van der Waals surface area contributed by atoms with Crippen molar-refractivity contribution in [2.75, 3.05) is 0 Å². The molecule has 2 nitrogen and oxygen atoms in total. The van der Waals surface area contributed by atoms with Crippen LogP contribution in [0.5, 0.6) is 0 Å². The lowest BCUT2D eigenvalue weighted by molar-refractivity contribution is -0.349. The van der Waals surface area contributed by atoms with Crippen LogP contribution in [0.3, 0.4) is 0 Å². The molecule has 0 bridgehead atoms. The summed E-state index contributed by atoms with van der Waals surface area (Å²) < 4.78 is 90.9. The lowest BCUT2D eigenvalue weighted by atomic mass is 9.89. The van der Waals surface area contributed by atoms with E-state index in [-0.39, 0.29) is 18.8 Å². The van der Waals surface area contributed by atoms with Crippen LogP contribution in [-0.4, -0.2) is 30.1 Å². The number of carbonyl (C=O) groups excluding carboxylic acids is 1. The van der Waals surface area contributed by atoms with E-state index in [0.717, 1.165) is 0 Å². The van der Waals surface area contributed by atoms with Crippen LogP contribution in [0, 0.1) is 5.92 Å². The third-order valence-electron chi connectivity index (χ3n) is 3.24. The molecule has 9 heteroatoms. The summed E-state index contributed by atoms with van der Waals surface area (Å²) in [5.41, 5.74) is 0.